The monoisotopic (exact) mass is 369 g/mol. The first-order chi connectivity index (χ1) is 13.1. The molecule has 7 heteroatoms. The molecule has 2 aromatic heterocycles. The van der Waals surface area contributed by atoms with Gasteiger partial charge in [-0.2, -0.15) is 5.10 Å². The van der Waals surface area contributed by atoms with Gasteiger partial charge in [-0.3, -0.25) is 19.4 Å². The molecular formula is C20H27N5O2. The summed E-state index contributed by atoms with van der Waals surface area (Å²) in [4.78, 5) is 28.5. The Morgan fingerprint density at radius 3 is 2.52 bits per heavy atom. The second-order valence-corrected chi connectivity index (χ2v) is 7.64. The first-order valence-electron chi connectivity index (χ1n) is 9.79. The highest BCUT2D eigenvalue weighted by atomic mass is 16.1. The zero-order valence-electron chi connectivity index (χ0n) is 15.9. The van der Waals surface area contributed by atoms with Gasteiger partial charge in [-0.1, -0.05) is 6.07 Å². The van der Waals surface area contributed by atoms with Gasteiger partial charge in [-0.05, 0) is 30.4 Å². The molecule has 1 aliphatic carbocycles. The molecular weight excluding hydrogens is 342 g/mol. The summed E-state index contributed by atoms with van der Waals surface area (Å²) in [5, 5.41) is 4.56. The minimum absolute atomic E-state index is 0.0268. The Morgan fingerprint density at radius 2 is 1.74 bits per heavy atom. The molecule has 0 bridgehead atoms. The third-order valence-corrected chi connectivity index (χ3v) is 5.67. The number of fused-ring (bicyclic) bond motifs is 1. The summed E-state index contributed by atoms with van der Waals surface area (Å²) in [7, 11) is 1.79. The van der Waals surface area contributed by atoms with Crippen LogP contribution in [0.4, 0.5) is 0 Å². The van der Waals surface area contributed by atoms with Crippen LogP contribution in [0.5, 0.6) is 0 Å². The van der Waals surface area contributed by atoms with E-state index in [9.17, 15) is 9.59 Å². The normalized spacial score (nSPS) is 18.0. The molecule has 0 spiro atoms. The third kappa shape index (κ3) is 4.20. The Bertz CT molecular complexity index is 925. The molecule has 0 amide bonds. The van der Waals surface area contributed by atoms with Gasteiger partial charge in [-0.15, -0.1) is 0 Å². The van der Waals surface area contributed by atoms with Crippen LogP contribution in [0.1, 0.15) is 23.2 Å². The molecule has 2 aromatic rings. The van der Waals surface area contributed by atoms with Crippen molar-refractivity contribution in [1.29, 1.82) is 0 Å². The average molecular weight is 369 g/mol. The maximum absolute atomic E-state index is 12.2. The Hall–Kier alpha value is -2.25. The van der Waals surface area contributed by atoms with Crippen molar-refractivity contribution in [2.24, 2.45) is 7.05 Å². The van der Waals surface area contributed by atoms with Crippen molar-refractivity contribution >= 4 is 0 Å². The van der Waals surface area contributed by atoms with Crippen molar-refractivity contribution in [2.75, 3.05) is 32.7 Å². The standard InChI is InChI=1S/C20H27N5O2/c1-22-14-16(5-6-19(22)26)15-24-9-7-23(8-10-24)11-12-25-20(27)13-17-3-2-4-18(17)21-25/h5-6,13-14H,2-4,7-12,15H2,1H3. The highest BCUT2D eigenvalue weighted by Crippen LogP contribution is 2.17. The van der Waals surface area contributed by atoms with Crippen molar-refractivity contribution in [3.8, 4) is 0 Å². The smallest absolute Gasteiger partial charge is 0.267 e. The van der Waals surface area contributed by atoms with Crippen LogP contribution < -0.4 is 11.1 Å². The Balaban J connectivity index is 1.28. The maximum Gasteiger partial charge on any atom is 0.267 e. The lowest BCUT2D eigenvalue weighted by Gasteiger charge is -2.34. The van der Waals surface area contributed by atoms with Gasteiger partial charge in [0.25, 0.3) is 5.56 Å². The Labute approximate surface area is 158 Å². The Morgan fingerprint density at radius 1 is 0.963 bits per heavy atom. The lowest BCUT2D eigenvalue weighted by molar-refractivity contribution is 0.122. The van der Waals surface area contributed by atoms with Crippen LogP contribution in [-0.2, 0) is 33.0 Å². The van der Waals surface area contributed by atoms with Gasteiger partial charge in [0.15, 0.2) is 0 Å². The zero-order valence-corrected chi connectivity index (χ0v) is 15.9. The van der Waals surface area contributed by atoms with Crippen molar-refractivity contribution in [3.63, 3.8) is 0 Å². The number of aromatic nitrogens is 3. The molecule has 3 heterocycles. The topological polar surface area (TPSA) is 63.4 Å². The van der Waals surface area contributed by atoms with Crippen LogP contribution in [0.3, 0.4) is 0 Å². The Kier molecular flexibility index (Phi) is 5.22. The lowest BCUT2D eigenvalue weighted by Crippen LogP contribution is -2.47. The van der Waals surface area contributed by atoms with Gasteiger partial charge in [0.2, 0.25) is 5.56 Å². The van der Waals surface area contributed by atoms with Crippen molar-refractivity contribution in [1.82, 2.24) is 24.1 Å². The number of rotatable bonds is 5. The van der Waals surface area contributed by atoms with Gasteiger partial charge < -0.3 is 4.57 Å². The van der Waals surface area contributed by atoms with E-state index in [2.05, 4.69) is 14.9 Å². The van der Waals surface area contributed by atoms with E-state index in [4.69, 9.17) is 0 Å². The van der Waals surface area contributed by atoms with Gasteiger partial charge in [0, 0.05) is 64.6 Å². The van der Waals surface area contributed by atoms with Crippen molar-refractivity contribution < 1.29 is 0 Å². The molecule has 0 radical (unpaired) electrons. The number of hydrogen-bond acceptors (Lipinski definition) is 5. The van der Waals surface area contributed by atoms with Crippen LogP contribution in [0.25, 0.3) is 0 Å². The SMILES string of the molecule is Cn1cc(CN2CCN(CCn3nc4c(cc3=O)CCC4)CC2)ccc1=O. The predicted molar refractivity (Wildman–Crippen MR) is 104 cm³/mol. The first-order valence-corrected chi connectivity index (χ1v) is 9.79. The van der Waals surface area contributed by atoms with Crippen LogP contribution in [-0.4, -0.2) is 56.9 Å². The summed E-state index contributed by atoms with van der Waals surface area (Å²) < 4.78 is 3.27. The number of hydrogen-bond donors (Lipinski definition) is 0. The molecule has 0 unspecified atom stereocenters. The van der Waals surface area contributed by atoms with E-state index < -0.39 is 0 Å². The summed E-state index contributed by atoms with van der Waals surface area (Å²) in [6.07, 6.45) is 5.03. The molecule has 2 aliphatic rings. The molecule has 1 fully saturated rings. The molecule has 0 saturated carbocycles. The minimum atomic E-state index is 0.0268. The molecule has 0 N–H and O–H groups in total. The van der Waals surface area contributed by atoms with Crippen molar-refractivity contribution in [2.45, 2.75) is 32.4 Å². The molecule has 4 rings (SSSR count). The van der Waals surface area contributed by atoms with E-state index >= 15 is 0 Å². The van der Waals surface area contributed by atoms with E-state index in [0.717, 1.165) is 69.8 Å². The van der Waals surface area contributed by atoms with Gasteiger partial charge in [0.1, 0.15) is 0 Å². The zero-order chi connectivity index (χ0) is 18.8. The summed E-state index contributed by atoms with van der Waals surface area (Å²) in [6, 6.07) is 5.33. The summed E-state index contributed by atoms with van der Waals surface area (Å²) in [6.45, 7) is 6.36. The fourth-order valence-corrected chi connectivity index (χ4v) is 4.01. The van der Waals surface area contributed by atoms with E-state index in [1.54, 1.807) is 28.4 Å². The fourth-order valence-electron chi connectivity index (χ4n) is 4.01. The van der Waals surface area contributed by atoms with E-state index in [0.29, 0.717) is 6.54 Å². The van der Waals surface area contributed by atoms with Crippen LogP contribution in [0, 0.1) is 0 Å². The van der Waals surface area contributed by atoms with Crippen LogP contribution >= 0.6 is 0 Å². The van der Waals surface area contributed by atoms with Gasteiger partial charge in [0.05, 0.1) is 12.2 Å². The quantitative estimate of drug-likeness (QED) is 0.756. The highest BCUT2D eigenvalue weighted by molar-refractivity contribution is 5.22. The number of pyridine rings is 1. The van der Waals surface area contributed by atoms with E-state index in [1.807, 2.05) is 12.3 Å². The molecule has 0 atom stereocenters. The van der Waals surface area contributed by atoms with E-state index in [1.165, 1.54) is 5.56 Å². The first kappa shape index (κ1) is 18.1. The molecule has 27 heavy (non-hydrogen) atoms. The fraction of sp³-hybridized carbons (Fsp3) is 0.550. The summed E-state index contributed by atoms with van der Waals surface area (Å²) >= 11 is 0. The second kappa shape index (κ2) is 7.78. The number of aryl methyl sites for hydroxylation is 3. The lowest BCUT2D eigenvalue weighted by atomic mass is 10.2. The molecule has 0 aromatic carbocycles. The number of piperazine rings is 1. The van der Waals surface area contributed by atoms with Gasteiger partial charge in [-0.25, -0.2) is 4.68 Å². The average Bonchev–Trinajstić information content (AvgIpc) is 3.11. The van der Waals surface area contributed by atoms with Crippen molar-refractivity contribution in [3.05, 3.63) is 61.9 Å². The third-order valence-electron chi connectivity index (χ3n) is 5.67. The highest BCUT2D eigenvalue weighted by Gasteiger charge is 2.18. The second-order valence-electron chi connectivity index (χ2n) is 7.64. The summed E-state index contributed by atoms with van der Waals surface area (Å²) in [5.41, 5.74) is 3.47. The molecule has 144 valence electrons. The van der Waals surface area contributed by atoms with Gasteiger partial charge >= 0.3 is 0 Å². The summed E-state index contributed by atoms with van der Waals surface area (Å²) in [5.74, 6) is 0. The maximum atomic E-state index is 12.2. The molecule has 7 nitrogen and oxygen atoms in total. The minimum Gasteiger partial charge on any atom is -0.318 e. The van der Waals surface area contributed by atoms with Crippen LogP contribution in [0.2, 0.25) is 0 Å². The van der Waals surface area contributed by atoms with Crippen LogP contribution in [0.15, 0.2) is 34.0 Å². The largest absolute Gasteiger partial charge is 0.318 e. The molecule has 1 saturated heterocycles. The predicted octanol–water partition coefficient (Wildman–Crippen LogP) is 0.249. The van der Waals surface area contributed by atoms with E-state index in [-0.39, 0.29) is 11.1 Å². The molecule has 1 aliphatic heterocycles. The number of nitrogens with zero attached hydrogens (tertiary/aromatic N) is 5.